The van der Waals surface area contributed by atoms with Crippen molar-refractivity contribution in [1.82, 2.24) is 4.90 Å². The molecule has 114 valence electrons. The molecule has 1 N–H and O–H groups in total. The molecule has 1 aromatic rings. The largest absolute Gasteiger partial charge is 0.495 e. The molecule has 2 atom stereocenters. The number of rotatable bonds is 4. The summed E-state index contributed by atoms with van der Waals surface area (Å²) in [6.45, 7) is 3.69. The molecule has 1 aromatic carbocycles. The minimum absolute atomic E-state index is 0.164. The van der Waals surface area contributed by atoms with Crippen molar-refractivity contribution in [1.29, 1.82) is 0 Å². The smallest absolute Gasteiger partial charge is 0.308 e. The molecule has 1 heterocycles. The third-order valence-electron chi connectivity index (χ3n) is 4.76. The number of aliphatic carboxylic acids is 1. The maximum absolute atomic E-state index is 11.2. The lowest BCUT2D eigenvalue weighted by molar-refractivity contribution is -0.149. The minimum Gasteiger partial charge on any atom is -0.495 e. The molecule has 1 aliphatic carbocycles. The van der Waals surface area contributed by atoms with E-state index in [1.54, 1.807) is 7.11 Å². The van der Waals surface area contributed by atoms with Gasteiger partial charge in [-0.1, -0.05) is 12.1 Å². The summed E-state index contributed by atoms with van der Waals surface area (Å²) in [6.07, 6.45) is 1.85. The van der Waals surface area contributed by atoms with Gasteiger partial charge < -0.3 is 14.7 Å². The van der Waals surface area contributed by atoms with Crippen molar-refractivity contribution < 1.29 is 14.6 Å². The number of piperazine rings is 1. The molecule has 0 bridgehead atoms. The predicted molar refractivity (Wildman–Crippen MR) is 80.9 cm³/mol. The van der Waals surface area contributed by atoms with Crippen LogP contribution in [0.15, 0.2) is 24.3 Å². The Kier molecular flexibility index (Phi) is 4.01. The van der Waals surface area contributed by atoms with Gasteiger partial charge in [0.05, 0.1) is 18.7 Å². The van der Waals surface area contributed by atoms with Crippen LogP contribution in [0.3, 0.4) is 0 Å². The molecule has 2 aliphatic rings. The third-order valence-corrected chi connectivity index (χ3v) is 4.76. The van der Waals surface area contributed by atoms with Gasteiger partial charge in [0.1, 0.15) is 5.75 Å². The third kappa shape index (κ3) is 2.70. The van der Waals surface area contributed by atoms with Crippen LogP contribution >= 0.6 is 0 Å². The highest BCUT2D eigenvalue weighted by Gasteiger charge is 2.41. The van der Waals surface area contributed by atoms with Crippen LogP contribution in [0.5, 0.6) is 5.75 Å². The molecule has 1 saturated heterocycles. The molecule has 5 heteroatoms. The first-order valence-corrected chi connectivity index (χ1v) is 7.55. The second-order valence-electron chi connectivity index (χ2n) is 5.78. The number of carbonyl (C=O) groups is 1. The van der Waals surface area contributed by atoms with Crippen LogP contribution in [0, 0.1) is 5.92 Å². The quantitative estimate of drug-likeness (QED) is 0.914. The number of anilines is 1. The Morgan fingerprint density at radius 1 is 1.19 bits per heavy atom. The molecule has 2 unspecified atom stereocenters. The number of para-hydroxylation sites is 2. The normalized spacial score (nSPS) is 26.2. The van der Waals surface area contributed by atoms with E-state index in [9.17, 15) is 9.90 Å². The summed E-state index contributed by atoms with van der Waals surface area (Å²) >= 11 is 0. The molecular weight excluding hydrogens is 268 g/mol. The average molecular weight is 290 g/mol. The number of nitrogens with zero attached hydrogens (tertiary/aromatic N) is 2. The highest BCUT2D eigenvalue weighted by atomic mass is 16.5. The number of carboxylic acid groups (broad SMARTS) is 1. The summed E-state index contributed by atoms with van der Waals surface area (Å²) in [6, 6.07) is 8.30. The van der Waals surface area contributed by atoms with Crippen molar-refractivity contribution in [3.05, 3.63) is 24.3 Å². The predicted octanol–water partition coefficient (Wildman–Crippen LogP) is 1.68. The molecule has 0 radical (unpaired) electrons. The fourth-order valence-corrected chi connectivity index (χ4v) is 3.39. The van der Waals surface area contributed by atoms with Gasteiger partial charge in [-0.2, -0.15) is 0 Å². The van der Waals surface area contributed by atoms with E-state index in [1.807, 2.05) is 18.2 Å². The van der Waals surface area contributed by atoms with E-state index in [0.717, 1.165) is 50.5 Å². The molecule has 1 aliphatic heterocycles. The van der Waals surface area contributed by atoms with E-state index in [1.165, 1.54) is 0 Å². The van der Waals surface area contributed by atoms with Crippen molar-refractivity contribution in [3.63, 3.8) is 0 Å². The number of benzene rings is 1. The standard InChI is InChI=1S/C16H22N2O3/c1-21-15-5-3-2-4-14(15)18-10-8-17(9-11-18)13-7-6-12(13)16(19)20/h2-5,12-13H,6-11H2,1H3,(H,19,20). The Balaban J connectivity index is 1.62. The number of carboxylic acids is 1. The van der Waals surface area contributed by atoms with Gasteiger partial charge in [0.25, 0.3) is 0 Å². The van der Waals surface area contributed by atoms with Crippen LogP contribution in [0.25, 0.3) is 0 Å². The fraction of sp³-hybridized carbons (Fsp3) is 0.562. The molecule has 0 aromatic heterocycles. The van der Waals surface area contributed by atoms with Gasteiger partial charge in [-0.3, -0.25) is 9.69 Å². The zero-order valence-corrected chi connectivity index (χ0v) is 12.4. The van der Waals surface area contributed by atoms with Crippen molar-refractivity contribution in [2.75, 3.05) is 38.2 Å². The number of methoxy groups -OCH3 is 1. The Labute approximate surface area is 125 Å². The van der Waals surface area contributed by atoms with Gasteiger partial charge in [0.2, 0.25) is 0 Å². The molecular formula is C16H22N2O3. The van der Waals surface area contributed by atoms with E-state index in [-0.39, 0.29) is 12.0 Å². The lowest BCUT2D eigenvalue weighted by Crippen LogP contribution is -2.57. The highest BCUT2D eigenvalue weighted by molar-refractivity contribution is 5.72. The van der Waals surface area contributed by atoms with Crippen molar-refractivity contribution in [2.24, 2.45) is 5.92 Å². The van der Waals surface area contributed by atoms with Crippen molar-refractivity contribution in [3.8, 4) is 5.75 Å². The zero-order chi connectivity index (χ0) is 14.8. The van der Waals surface area contributed by atoms with Crippen LogP contribution in [-0.4, -0.2) is 55.3 Å². The number of hydrogen-bond donors (Lipinski definition) is 1. The Morgan fingerprint density at radius 3 is 2.48 bits per heavy atom. The number of ether oxygens (including phenoxy) is 1. The van der Waals surface area contributed by atoms with Crippen LogP contribution < -0.4 is 9.64 Å². The Hall–Kier alpha value is -1.75. The zero-order valence-electron chi connectivity index (χ0n) is 12.4. The second-order valence-corrected chi connectivity index (χ2v) is 5.78. The summed E-state index contributed by atoms with van der Waals surface area (Å²) in [7, 11) is 1.70. The van der Waals surface area contributed by atoms with Crippen LogP contribution in [0.1, 0.15) is 12.8 Å². The minimum atomic E-state index is -0.640. The molecule has 1 saturated carbocycles. The maximum atomic E-state index is 11.2. The summed E-state index contributed by atoms with van der Waals surface area (Å²) in [5, 5.41) is 9.18. The maximum Gasteiger partial charge on any atom is 0.308 e. The molecule has 5 nitrogen and oxygen atoms in total. The Morgan fingerprint density at radius 2 is 1.90 bits per heavy atom. The van der Waals surface area contributed by atoms with Crippen molar-refractivity contribution >= 4 is 11.7 Å². The van der Waals surface area contributed by atoms with E-state index in [2.05, 4.69) is 15.9 Å². The van der Waals surface area contributed by atoms with Crippen LogP contribution in [0.2, 0.25) is 0 Å². The van der Waals surface area contributed by atoms with Gasteiger partial charge in [-0.15, -0.1) is 0 Å². The molecule has 0 spiro atoms. The van der Waals surface area contributed by atoms with Gasteiger partial charge in [0, 0.05) is 32.2 Å². The first-order chi connectivity index (χ1) is 10.2. The van der Waals surface area contributed by atoms with Gasteiger partial charge in [-0.05, 0) is 25.0 Å². The molecule has 21 heavy (non-hydrogen) atoms. The van der Waals surface area contributed by atoms with Crippen LogP contribution in [-0.2, 0) is 4.79 Å². The van der Waals surface area contributed by atoms with Gasteiger partial charge in [-0.25, -0.2) is 0 Å². The van der Waals surface area contributed by atoms with Crippen LogP contribution in [0.4, 0.5) is 5.69 Å². The second kappa shape index (κ2) is 5.93. The van der Waals surface area contributed by atoms with Gasteiger partial charge in [0.15, 0.2) is 0 Å². The fourth-order valence-electron chi connectivity index (χ4n) is 3.39. The molecule has 3 rings (SSSR count). The lowest BCUT2D eigenvalue weighted by atomic mass is 9.78. The van der Waals surface area contributed by atoms with Crippen molar-refractivity contribution in [2.45, 2.75) is 18.9 Å². The first-order valence-electron chi connectivity index (χ1n) is 7.55. The summed E-state index contributed by atoms with van der Waals surface area (Å²) in [5.74, 6) is 0.0965. The first kappa shape index (κ1) is 14.2. The van der Waals surface area contributed by atoms with E-state index < -0.39 is 5.97 Å². The van der Waals surface area contributed by atoms with E-state index >= 15 is 0 Å². The summed E-state index contributed by atoms with van der Waals surface area (Å²) < 4.78 is 5.42. The molecule has 2 fully saturated rings. The Bertz CT molecular complexity index is 512. The highest BCUT2D eigenvalue weighted by Crippen LogP contribution is 2.34. The SMILES string of the molecule is COc1ccccc1N1CCN(C2CCC2C(=O)O)CC1. The number of hydrogen-bond acceptors (Lipinski definition) is 4. The van der Waals surface area contributed by atoms with Gasteiger partial charge >= 0.3 is 5.97 Å². The lowest BCUT2D eigenvalue weighted by Gasteiger charge is -2.46. The average Bonchev–Trinajstić information content (AvgIpc) is 2.46. The molecule has 0 amide bonds. The summed E-state index contributed by atoms with van der Waals surface area (Å²) in [5.41, 5.74) is 1.13. The van der Waals surface area contributed by atoms with E-state index in [4.69, 9.17) is 4.74 Å². The topological polar surface area (TPSA) is 53.0 Å². The monoisotopic (exact) mass is 290 g/mol. The summed E-state index contributed by atoms with van der Waals surface area (Å²) in [4.78, 5) is 15.8. The van der Waals surface area contributed by atoms with E-state index in [0.29, 0.717) is 0 Å².